The van der Waals surface area contributed by atoms with Crippen molar-refractivity contribution in [2.45, 2.75) is 32.6 Å². The van der Waals surface area contributed by atoms with Gasteiger partial charge in [-0.1, -0.05) is 27.7 Å². The molecule has 0 fully saturated rings. The minimum Gasteiger partial charge on any atom is -0.386 e. The number of halogens is 1. The minimum absolute atomic E-state index is 0.136. The third kappa shape index (κ3) is 6.12. The van der Waals surface area contributed by atoms with Gasteiger partial charge in [-0.25, -0.2) is 13.4 Å². The highest BCUT2D eigenvalue weighted by Gasteiger charge is 2.25. The smallest absolute Gasteiger partial charge is 0.243 e. The van der Waals surface area contributed by atoms with E-state index in [9.17, 15) is 8.42 Å². The Bertz CT molecular complexity index is 615. The summed E-state index contributed by atoms with van der Waals surface area (Å²) in [7, 11) is -3.51. The van der Waals surface area contributed by atoms with Crippen molar-refractivity contribution in [1.82, 2.24) is 4.31 Å². The molecule has 1 aromatic carbocycles. The summed E-state index contributed by atoms with van der Waals surface area (Å²) in [6, 6.07) is 6.39. The molecule has 23 heavy (non-hydrogen) atoms. The van der Waals surface area contributed by atoms with E-state index >= 15 is 0 Å². The molecule has 0 amide bonds. The second-order valence-corrected chi connectivity index (χ2v) is 8.55. The van der Waals surface area contributed by atoms with Crippen LogP contribution in [0, 0.1) is 11.8 Å². The number of sulfonamides is 1. The molecule has 0 atom stereocenters. The van der Waals surface area contributed by atoms with Crippen molar-refractivity contribution in [3.05, 3.63) is 24.3 Å². The molecule has 1 aromatic rings. The Labute approximate surface area is 144 Å². The summed E-state index contributed by atoms with van der Waals surface area (Å²) in [5.41, 5.74) is 6.16. The van der Waals surface area contributed by atoms with Crippen LogP contribution < -0.4 is 5.73 Å². The topological polar surface area (TPSA) is 75.8 Å². The van der Waals surface area contributed by atoms with E-state index in [4.69, 9.17) is 17.3 Å². The van der Waals surface area contributed by atoms with Gasteiger partial charge in [0, 0.05) is 13.1 Å². The zero-order valence-electron chi connectivity index (χ0n) is 14.2. The van der Waals surface area contributed by atoms with Gasteiger partial charge in [0.25, 0.3) is 0 Å². The lowest BCUT2D eigenvalue weighted by Gasteiger charge is -2.25. The highest BCUT2D eigenvalue weighted by atomic mass is 35.5. The molecule has 0 saturated carbocycles. The van der Waals surface area contributed by atoms with E-state index in [1.807, 2.05) is 27.7 Å². The van der Waals surface area contributed by atoms with Gasteiger partial charge in [-0.3, -0.25) is 0 Å². The van der Waals surface area contributed by atoms with Crippen molar-refractivity contribution in [3.8, 4) is 0 Å². The van der Waals surface area contributed by atoms with Gasteiger partial charge in [0.1, 0.15) is 5.84 Å². The van der Waals surface area contributed by atoms with E-state index < -0.39 is 10.0 Å². The summed E-state index contributed by atoms with van der Waals surface area (Å²) >= 11 is 5.59. The van der Waals surface area contributed by atoms with Crippen LogP contribution in [0.5, 0.6) is 0 Å². The van der Waals surface area contributed by atoms with Crippen LogP contribution >= 0.6 is 11.6 Å². The Morgan fingerprint density at radius 3 is 2.00 bits per heavy atom. The second kappa shape index (κ2) is 8.66. The number of rotatable bonds is 8. The average molecular weight is 360 g/mol. The van der Waals surface area contributed by atoms with Crippen LogP contribution in [-0.4, -0.2) is 37.5 Å². The predicted octanol–water partition coefficient (Wildman–Crippen LogP) is 3.22. The van der Waals surface area contributed by atoms with Gasteiger partial charge < -0.3 is 5.73 Å². The van der Waals surface area contributed by atoms with E-state index in [0.29, 0.717) is 24.6 Å². The van der Waals surface area contributed by atoms with E-state index in [1.54, 1.807) is 28.6 Å². The van der Waals surface area contributed by atoms with Gasteiger partial charge in [0.2, 0.25) is 10.0 Å². The fraction of sp³-hybridized carbons (Fsp3) is 0.562. The Morgan fingerprint density at radius 2 is 1.61 bits per heavy atom. The van der Waals surface area contributed by atoms with Crippen molar-refractivity contribution in [2.75, 3.05) is 19.0 Å². The molecular formula is C16H26ClN3O2S. The zero-order valence-corrected chi connectivity index (χ0v) is 15.7. The molecule has 1 rings (SSSR count). The lowest BCUT2D eigenvalue weighted by Crippen LogP contribution is -2.36. The van der Waals surface area contributed by atoms with Crippen LogP contribution in [0.15, 0.2) is 34.2 Å². The number of hydrogen-bond donors (Lipinski definition) is 1. The standard InChI is InChI=1S/C16H26ClN3O2S/c1-12(2)10-20(11-13(3)4)23(21,22)15-7-5-14(6-8-15)19-16(18)9-17/h5-8,12-13H,9-11H2,1-4H3,(H2,18,19). The Kier molecular flexibility index (Phi) is 7.51. The van der Waals surface area contributed by atoms with Gasteiger partial charge in [-0.2, -0.15) is 4.31 Å². The maximum absolute atomic E-state index is 12.8. The second-order valence-electron chi connectivity index (χ2n) is 6.34. The molecule has 0 heterocycles. The first kappa shape index (κ1) is 19.9. The average Bonchev–Trinajstić information content (AvgIpc) is 2.46. The molecule has 130 valence electrons. The molecule has 7 heteroatoms. The monoisotopic (exact) mass is 359 g/mol. The number of aliphatic imine (C=N–C) groups is 1. The van der Waals surface area contributed by atoms with Gasteiger partial charge in [0.15, 0.2) is 0 Å². The van der Waals surface area contributed by atoms with E-state index in [-0.39, 0.29) is 22.6 Å². The maximum atomic E-state index is 12.8. The molecule has 0 spiro atoms. The zero-order chi connectivity index (χ0) is 17.6. The highest BCUT2D eigenvalue weighted by Crippen LogP contribution is 2.22. The number of hydrogen-bond acceptors (Lipinski definition) is 3. The van der Waals surface area contributed by atoms with Crippen LogP contribution in [0.4, 0.5) is 5.69 Å². The maximum Gasteiger partial charge on any atom is 0.243 e. The number of alkyl halides is 1. The molecule has 0 radical (unpaired) electrons. The van der Waals surface area contributed by atoms with Crippen molar-refractivity contribution < 1.29 is 8.42 Å². The summed E-state index contributed by atoms with van der Waals surface area (Å²) in [4.78, 5) is 4.36. The minimum atomic E-state index is -3.51. The highest BCUT2D eigenvalue weighted by molar-refractivity contribution is 7.89. The van der Waals surface area contributed by atoms with E-state index in [1.165, 1.54) is 0 Å². The SMILES string of the molecule is CC(C)CN(CC(C)C)S(=O)(=O)c1ccc(N=C(N)CCl)cc1. The number of benzene rings is 1. The summed E-state index contributed by atoms with van der Waals surface area (Å²) in [5, 5.41) is 0. The first-order valence-corrected chi connectivity index (χ1v) is 9.63. The molecule has 5 nitrogen and oxygen atoms in total. The number of nitrogens with zero attached hydrogens (tertiary/aromatic N) is 2. The van der Waals surface area contributed by atoms with Crippen molar-refractivity contribution in [3.63, 3.8) is 0 Å². The van der Waals surface area contributed by atoms with Crippen molar-refractivity contribution >= 4 is 33.1 Å². The molecular weight excluding hydrogens is 334 g/mol. The van der Waals surface area contributed by atoms with Crippen molar-refractivity contribution in [1.29, 1.82) is 0 Å². The first-order chi connectivity index (χ1) is 10.7. The number of amidine groups is 1. The molecule has 0 unspecified atom stereocenters. The fourth-order valence-electron chi connectivity index (χ4n) is 2.12. The molecule has 0 aliphatic heterocycles. The summed E-state index contributed by atoms with van der Waals surface area (Å²) < 4.78 is 27.2. The van der Waals surface area contributed by atoms with Crippen LogP contribution in [0.1, 0.15) is 27.7 Å². The van der Waals surface area contributed by atoms with Gasteiger partial charge in [0.05, 0.1) is 16.5 Å². The normalized spacial score (nSPS) is 13.3. The Balaban J connectivity index is 3.09. The Hall–Kier alpha value is -1.11. The third-order valence-corrected chi connectivity index (χ3v) is 5.14. The lowest BCUT2D eigenvalue weighted by atomic mass is 10.2. The largest absolute Gasteiger partial charge is 0.386 e. The molecule has 2 N–H and O–H groups in total. The molecule has 0 aromatic heterocycles. The lowest BCUT2D eigenvalue weighted by molar-refractivity contribution is 0.333. The van der Waals surface area contributed by atoms with E-state index in [0.717, 1.165) is 0 Å². The van der Waals surface area contributed by atoms with Gasteiger partial charge in [-0.05, 0) is 36.1 Å². The van der Waals surface area contributed by atoms with E-state index in [2.05, 4.69) is 4.99 Å². The van der Waals surface area contributed by atoms with Crippen LogP contribution in [0.2, 0.25) is 0 Å². The quantitative estimate of drug-likeness (QED) is 0.440. The van der Waals surface area contributed by atoms with Crippen molar-refractivity contribution in [2.24, 2.45) is 22.6 Å². The fourth-order valence-corrected chi connectivity index (χ4v) is 3.95. The van der Waals surface area contributed by atoms with Crippen LogP contribution in [0.25, 0.3) is 0 Å². The van der Waals surface area contributed by atoms with Crippen LogP contribution in [0.3, 0.4) is 0 Å². The summed E-state index contributed by atoms with van der Waals surface area (Å²) in [6.07, 6.45) is 0. The summed E-state index contributed by atoms with van der Waals surface area (Å²) in [6.45, 7) is 9.04. The third-order valence-electron chi connectivity index (χ3n) is 3.02. The first-order valence-electron chi connectivity index (χ1n) is 7.66. The Morgan fingerprint density at radius 1 is 1.13 bits per heavy atom. The summed E-state index contributed by atoms with van der Waals surface area (Å²) in [5.74, 6) is 0.951. The molecule has 0 saturated heterocycles. The van der Waals surface area contributed by atoms with Gasteiger partial charge >= 0.3 is 0 Å². The van der Waals surface area contributed by atoms with Gasteiger partial charge in [-0.15, -0.1) is 11.6 Å². The predicted molar refractivity (Wildman–Crippen MR) is 96.9 cm³/mol. The number of nitrogens with two attached hydrogens (primary N) is 1. The molecule has 0 aliphatic carbocycles. The molecule has 0 aliphatic rings. The molecule has 0 bridgehead atoms. The van der Waals surface area contributed by atoms with Crippen LogP contribution in [-0.2, 0) is 10.0 Å².